The van der Waals surface area contributed by atoms with E-state index in [0.717, 1.165) is 47.0 Å². The second-order valence-corrected chi connectivity index (χ2v) is 12.1. The summed E-state index contributed by atoms with van der Waals surface area (Å²) < 4.78 is 42.6. The number of aliphatic imine (C=N–C) groups is 1. The minimum absolute atomic E-state index is 0.248. The predicted octanol–water partition coefficient (Wildman–Crippen LogP) is 7.79. The highest BCUT2D eigenvalue weighted by Crippen LogP contribution is 2.34. The van der Waals surface area contributed by atoms with E-state index in [1.807, 2.05) is 24.3 Å². The Hall–Kier alpha value is -4.32. The molecule has 1 aliphatic heterocycles. The second-order valence-electron chi connectivity index (χ2n) is 11.1. The molecule has 1 fully saturated rings. The fraction of sp³-hybridized carbons (Fsp3) is 0.333. The summed E-state index contributed by atoms with van der Waals surface area (Å²) in [5.74, 6) is 1.11. The Morgan fingerprint density at radius 3 is 2.42 bits per heavy atom. The summed E-state index contributed by atoms with van der Waals surface area (Å²) in [6.07, 6.45) is -0.700. The number of rotatable bonds is 8. The van der Waals surface area contributed by atoms with Gasteiger partial charge in [0, 0.05) is 29.6 Å². The van der Waals surface area contributed by atoms with Crippen LogP contribution in [0.15, 0.2) is 72.0 Å². The van der Waals surface area contributed by atoms with Crippen LogP contribution in [0.4, 0.5) is 23.7 Å². The van der Waals surface area contributed by atoms with Gasteiger partial charge in [-0.3, -0.25) is 0 Å². The van der Waals surface area contributed by atoms with Crippen LogP contribution in [0, 0.1) is 20.8 Å². The van der Waals surface area contributed by atoms with Gasteiger partial charge in [-0.2, -0.15) is 4.99 Å². The molecule has 3 aromatic carbocycles. The number of amides is 2. The minimum Gasteiger partial charge on any atom is -0.406 e. The van der Waals surface area contributed by atoms with Gasteiger partial charge in [-0.25, -0.2) is 14.5 Å². The van der Waals surface area contributed by atoms with Crippen molar-refractivity contribution in [1.82, 2.24) is 20.1 Å². The highest BCUT2D eigenvalue weighted by atomic mass is 32.2. The number of aromatic nitrogens is 3. The molecule has 1 saturated heterocycles. The van der Waals surface area contributed by atoms with Crippen molar-refractivity contribution in [3.8, 4) is 22.8 Å². The van der Waals surface area contributed by atoms with E-state index in [1.54, 1.807) is 11.8 Å². The van der Waals surface area contributed by atoms with Gasteiger partial charge in [0.15, 0.2) is 11.0 Å². The molecule has 2 amide bonds. The molecule has 4 aromatic rings. The first kappa shape index (κ1) is 32.1. The maximum Gasteiger partial charge on any atom is 0.573 e. The van der Waals surface area contributed by atoms with Gasteiger partial charge in [-0.15, -0.1) is 18.3 Å². The smallest absolute Gasteiger partial charge is 0.406 e. The topological polar surface area (TPSA) is 84.6 Å². The Balaban J connectivity index is 1.14. The number of thioether (sulfide) groups is 1. The standard InChI is InChI=1S/C33H35F3N6O2S/c1-21-18-22(2)29(23(3)19-21)42-24(4)15-17-45-32(42)39-31(43)37-16-5-6-25-7-9-26(10-8-25)30-38-20-41(40-30)27-11-13-28(14-12-27)44-33(34,35)36/h7-14,18-20,24H,5-6,15-17H2,1-4H3,(H,37,43). The number of aryl methyl sites for hydroxylation is 4. The molecule has 0 bridgehead atoms. The van der Waals surface area contributed by atoms with E-state index in [0.29, 0.717) is 18.1 Å². The van der Waals surface area contributed by atoms with Crippen molar-refractivity contribution in [3.05, 3.63) is 89.2 Å². The number of benzene rings is 3. The number of ether oxygens (including phenoxy) is 1. The van der Waals surface area contributed by atoms with E-state index in [4.69, 9.17) is 0 Å². The average Bonchev–Trinajstić information content (AvgIpc) is 3.47. The normalized spacial score (nSPS) is 16.2. The zero-order valence-electron chi connectivity index (χ0n) is 25.6. The molecule has 5 rings (SSSR count). The van der Waals surface area contributed by atoms with Gasteiger partial charge in [0.25, 0.3) is 0 Å². The second kappa shape index (κ2) is 13.8. The molecule has 0 saturated carbocycles. The molecule has 0 spiro atoms. The van der Waals surface area contributed by atoms with Crippen LogP contribution in [0.3, 0.4) is 0 Å². The summed E-state index contributed by atoms with van der Waals surface area (Å²) in [5, 5.41) is 8.13. The minimum atomic E-state index is -4.74. The summed E-state index contributed by atoms with van der Waals surface area (Å²) in [7, 11) is 0. The van der Waals surface area contributed by atoms with Crippen molar-refractivity contribution in [1.29, 1.82) is 0 Å². The van der Waals surface area contributed by atoms with Gasteiger partial charge in [0.1, 0.15) is 12.1 Å². The fourth-order valence-corrected chi connectivity index (χ4v) is 6.62. The van der Waals surface area contributed by atoms with Gasteiger partial charge >= 0.3 is 12.4 Å². The van der Waals surface area contributed by atoms with E-state index in [2.05, 4.69) is 69.9 Å². The molecule has 2 heterocycles. The number of urea groups is 1. The number of alkyl halides is 3. The number of nitrogens with zero attached hydrogens (tertiary/aromatic N) is 5. The summed E-state index contributed by atoms with van der Waals surface area (Å²) in [4.78, 5) is 23.8. The van der Waals surface area contributed by atoms with E-state index >= 15 is 0 Å². The Labute approximate surface area is 264 Å². The number of carbonyl (C=O) groups excluding carboxylic acids is 1. The average molecular weight is 637 g/mol. The van der Waals surface area contributed by atoms with Crippen LogP contribution < -0.4 is 15.0 Å². The number of nitrogens with one attached hydrogen (secondary N) is 1. The first-order valence-electron chi connectivity index (χ1n) is 14.7. The lowest BCUT2D eigenvalue weighted by Gasteiger charge is -2.37. The fourth-order valence-electron chi connectivity index (χ4n) is 5.42. The van der Waals surface area contributed by atoms with Crippen LogP contribution >= 0.6 is 11.8 Å². The van der Waals surface area contributed by atoms with Crippen molar-refractivity contribution >= 4 is 28.6 Å². The summed E-state index contributed by atoms with van der Waals surface area (Å²) in [6.45, 7) is 8.99. The van der Waals surface area contributed by atoms with Crippen molar-refractivity contribution in [2.24, 2.45) is 4.99 Å². The quantitative estimate of drug-likeness (QED) is 0.199. The van der Waals surface area contributed by atoms with Crippen LogP contribution in [-0.4, -0.2) is 50.7 Å². The summed E-state index contributed by atoms with van der Waals surface area (Å²) >= 11 is 1.62. The van der Waals surface area contributed by atoms with E-state index in [9.17, 15) is 18.0 Å². The highest BCUT2D eigenvalue weighted by Gasteiger charge is 2.31. The van der Waals surface area contributed by atoms with Crippen molar-refractivity contribution < 1.29 is 22.7 Å². The zero-order valence-corrected chi connectivity index (χ0v) is 26.4. The SMILES string of the molecule is Cc1cc(C)c(N2C(=NC(=O)NCCCc3ccc(-c4ncn(-c5ccc(OC(F)(F)F)cc5)n4)cc3)SCCC2C)c(C)c1. The van der Waals surface area contributed by atoms with Gasteiger partial charge < -0.3 is 15.0 Å². The molecule has 1 aromatic heterocycles. The first-order valence-corrected chi connectivity index (χ1v) is 15.7. The van der Waals surface area contributed by atoms with Crippen LogP contribution in [0.5, 0.6) is 5.75 Å². The van der Waals surface area contributed by atoms with E-state index in [-0.39, 0.29) is 17.8 Å². The van der Waals surface area contributed by atoms with Gasteiger partial charge in [-0.05, 0) is 87.9 Å². The van der Waals surface area contributed by atoms with Crippen molar-refractivity contribution in [3.63, 3.8) is 0 Å². The number of hydrogen-bond donors (Lipinski definition) is 1. The number of hydrogen-bond acceptors (Lipinski definition) is 5. The lowest BCUT2D eigenvalue weighted by molar-refractivity contribution is -0.274. The van der Waals surface area contributed by atoms with Gasteiger partial charge in [0.05, 0.1) is 5.69 Å². The van der Waals surface area contributed by atoms with Crippen molar-refractivity contribution in [2.75, 3.05) is 17.2 Å². The molecule has 0 radical (unpaired) electrons. The lowest BCUT2D eigenvalue weighted by atomic mass is 10.0. The molecular formula is C33H35F3N6O2S. The van der Waals surface area contributed by atoms with E-state index in [1.165, 1.54) is 52.0 Å². The van der Waals surface area contributed by atoms with Crippen LogP contribution in [0.1, 0.15) is 42.0 Å². The largest absolute Gasteiger partial charge is 0.573 e. The molecule has 12 heteroatoms. The molecule has 0 aliphatic carbocycles. The lowest BCUT2D eigenvalue weighted by Crippen LogP contribution is -2.43. The molecule has 1 atom stereocenters. The molecule has 45 heavy (non-hydrogen) atoms. The Kier molecular flexibility index (Phi) is 9.81. The van der Waals surface area contributed by atoms with Crippen LogP contribution in [0.2, 0.25) is 0 Å². The van der Waals surface area contributed by atoms with Crippen molar-refractivity contribution in [2.45, 2.75) is 59.4 Å². The highest BCUT2D eigenvalue weighted by molar-refractivity contribution is 8.14. The zero-order chi connectivity index (χ0) is 32.1. The van der Waals surface area contributed by atoms with Crippen LogP contribution in [0.25, 0.3) is 17.1 Å². The number of anilines is 1. The monoisotopic (exact) mass is 636 g/mol. The third kappa shape index (κ3) is 8.24. The third-order valence-electron chi connectivity index (χ3n) is 7.44. The maximum absolute atomic E-state index is 12.8. The predicted molar refractivity (Wildman–Crippen MR) is 172 cm³/mol. The maximum atomic E-state index is 12.8. The Bertz CT molecular complexity index is 1650. The number of amidine groups is 1. The molecule has 1 unspecified atom stereocenters. The molecule has 236 valence electrons. The first-order chi connectivity index (χ1) is 21.5. The molecule has 1 N–H and O–H groups in total. The third-order valence-corrected chi connectivity index (χ3v) is 8.43. The van der Waals surface area contributed by atoms with Gasteiger partial charge in [-0.1, -0.05) is 53.7 Å². The van der Waals surface area contributed by atoms with Crippen LogP contribution in [-0.2, 0) is 6.42 Å². The molecular weight excluding hydrogens is 601 g/mol. The van der Waals surface area contributed by atoms with Gasteiger partial charge in [0.2, 0.25) is 0 Å². The summed E-state index contributed by atoms with van der Waals surface area (Å²) in [5.41, 5.74) is 7.17. The van der Waals surface area contributed by atoms with E-state index < -0.39 is 6.36 Å². The molecule has 8 nitrogen and oxygen atoms in total. The Morgan fingerprint density at radius 1 is 1.07 bits per heavy atom. The number of carbonyl (C=O) groups is 1. The molecule has 1 aliphatic rings. The Morgan fingerprint density at radius 2 is 1.76 bits per heavy atom. The summed E-state index contributed by atoms with van der Waals surface area (Å²) in [6, 6.07) is 17.5. The number of halogens is 3.